The van der Waals surface area contributed by atoms with Crippen LogP contribution < -0.4 is 4.74 Å². The van der Waals surface area contributed by atoms with Gasteiger partial charge in [0, 0.05) is 6.54 Å². The Morgan fingerprint density at radius 1 is 1.23 bits per heavy atom. The molecule has 2 unspecified atom stereocenters. The maximum atomic E-state index is 13.6. The van der Waals surface area contributed by atoms with E-state index in [4.69, 9.17) is 9.72 Å². The summed E-state index contributed by atoms with van der Waals surface area (Å²) in [7, 11) is 0. The van der Waals surface area contributed by atoms with E-state index in [1.54, 1.807) is 29.5 Å². The second-order valence-corrected chi connectivity index (χ2v) is 7.63. The molecule has 4 rings (SSSR count). The minimum Gasteiger partial charge on any atom is -0.488 e. The molecule has 1 N–H and O–H groups in total. The highest BCUT2D eigenvalue weighted by Crippen LogP contribution is 2.36. The largest absolute Gasteiger partial charge is 0.488 e. The summed E-state index contributed by atoms with van der Waals surface area (Å²) in [6, 6.07) is 14.6. The third-order valence-electron chi connectivity index (χ3n) is 4.67. The molecule has 1 aliphatic rings. The Labute approximate surface area is 155 Å². The molecule has 2 heterocycles. The highest BCUT2D eigenvalue weighted by molar-refractivity contribution is 7.18. The van der Waals surface area contributed by atoms with Crippen molar-refractivity contribution in [3.63, 3.8) is 0 Å². The molecule has 0 amide bonds. The first kappa shape index (κ1) is 17.4. The highest BCUT2D eigenvalue weighted by Gasteiger charge is 2.30. The van der Waals surface area contributed by atoms with Crippen LogP contribution >= 0.6 is 11.3 Å². The molecule has 0 spiro atoms. The van der Waals surface area contributed by atoms with Gasteiger partial charge in [-0.15, -0.1) is 11.3 Å². The van der Waals surface area contributed by atoms with Crippen LogP contribution in [0, 0.1) is 5.82 Å². The van der Waals surface area contributed by atoms with E-state index >= 15 is 0 Å². The van der Waals surface area contributed by atoms with Crippen molar-refractivity contribution in [1.82, 2.24) is 9.88 Å². The number of hydrogen-bond donors (Lipinski definition) is 1. The number of aliphatic hydroxyl groups excluding tert-OH is 1. The van der Waals surface area contributed by atoms with Gasteiger partial charge in [0.25, 0.3) is 0 Å². The molecule has 4 nitrogen and oxygen atoms in total. The number of nitrogens with zero attached hydrogens (tertiary/aromatic N) is 2. The fraction of sp³-hybridized carbons (Fsp3) is 0.350. The molecule has 136 valence electrons. The third-order valence-corrected chi connectivity index (χ3v) is 5.81. The van der Waals surface area contributed by atoms with Crippen LogP contribution in [-0.4, -0.2) is 40.8 Å². The predicted molar refractivity (Wildman–Crippen MR) is 101 cm³/mol. The van der Waals surface area contributed by atoms with Gasteiger partial charge in [0.05, 0.1) is 16.3 Å². The van der Waals surface area contributed by atoms with E-state index in [0.29, 0.717) is 6.54 Å². The number of β-amino-alcohol motifs (C(OH)–C–C–N with tert-alkyl or cyclic N) is 1. The smallest absolute Gasteiger partial charge is 0.165 e. The first-order chi connectivity index (χ1) is 12.7. The summed E-state index contributed by atoms with van der Waals surface area (Å²) in [4.78, 5) is 7.03. The zero-order valence-electron chi connectivity index (χ0n) is 14.3. The van der Waals surface area contributed by atoms with Crippen LogP contribution in [0.15, 0.2) is 48.5 Å². The Kier molecular flexibility index (Phi) is 5.15. The van der Waals surface area contributed by atoms with Crippen molar-refractivity contribution >= 4 is 21.6 Å². The standard InChI is InChI=1S/C20H21FN2O2S/c21-15-6-1-3-9-18(15)25-13-14(24)12-23-11-5-8-17(23)20-22-16-7-2-4-10-19(16)26-20/h1-4,6-7,9-10,14,17,24H,5,8,11-13H2. The first-order valence-electron chi connectivity index (χ1n) is 8.85. The van der Waals surface area contributed by atoms with Gasteiger partial charge >= 0.3 is 0 Å². The molecule has 2 aromatic carbocycles. The SMILES string of the molecule is OC(COc1ccccc1F)CN1CCCC1c1nc2ccccc2s1. The Morgan fingerprint density at radius 3 is 2.88 bits per heavy atom. The van der Waals surface area contributed by atoms with Gasteiger partial charge in [0.1, 0.15) is 17.7 Å². The number of hydrogen-bond acceptors (Lipinski definition) is 5. The average molecular weight is 372 g/mol. The van der Waals surface area contributed by atoms with E-state index in [-0.39, 0.29) is 18.4 Å². The summed E-state index contributed by atoms with van der Waals surface area (Å²) in [5.41, 5.74) is 1.03. The number of likely N-dealkylation sites (tertiary alicyclic amines) is 1. The summed E-state index contributed by atoms with van der Waals surface area (Å²) in [5, 5.41) is 11.5. The van der Waals surface area contributed by atoms with Gasteiger partial charge < -0.3 is 9.84 Å². The van der Waals surface area contributed by atoms with Crippen molar-refractivity contribution in [1.29, 1.82) is 0 Å². The van der Waals surface area contributed by atoms with Crippen molar-refractivity contribution < 1.29 is 14.2 Å². The second-order valence-electron chi connectivity index (χ2n) is 6.57. The third kappa shape index (κ3) is 3.72. The second kappa shape index (κ2) is 7.70. The molecule has 0 saturated carbocycles. The molecule has 0 aliphatic carbocycles. The van der Waals surface area contributed by atoms with Crippen LogP contribution in [0.25, 0.3) is 10.2 Å². The predicted octanol–water partition coefficient (Wildman–Crippen LogP) is 4.01. The fourth-order valence-corrected chi connectivity index (χ4v) is 4.57. The molecular weight excluding hydrogens is 351 g/mol. The van der Waals surface area contributed by atoms with Crippen molar-refractivity contribution in [3.05, 3.63) is 59.4 Å². The van der Waals surface area contributed by atoms with E-state index in [2.05, 4.69) is 11.0 Å². The first-order valence-corrected chi connectivity index (χ1v) is 9.67. The lowest BCUT2D eigenvalue weighted by Gasteiger charge is -2.25. The Bertz CT molecular complexity index is 852. The molecule has 0 radical (unpaired) electrons. The maximum Gasteiger partial charge on any atom is 0.165 e. The number of thiazole rings is 1. The van der Waals surface area contributed by atoms with E-state index in [1.807, 2.05) is 18.2 Å². The van der Waals surface area contributed by atoms with Gasteiger partial charge in [-0.05, 0) is 43.7 Å². The summed E-state index contributed by atoms with van der Waals surface area (Å²) in [5.74, 6) is -0.232. The Balaban J connectivity index is 1.39. The lowest BCUT2D eigenvalue weighted by Crippen LogP contribution is -2.35. The lowest BCUT2D eigenvalue weighted by atomic mass is 10.2. The normalized spacial score (nSPS) is 19.1. The molecule has 1 fully saturated rings. The summed E-state index contributed by atoms with van der Waals surface area (Å²) < 4.78 is 20.2. The van der Waals surface area contributed by atoms with Crippen LogP contribution in [0.5, 0.6) is 5.75 Å². The molecule has 6 heteroatoms. The number of aromatic nitrogens is 1. The molecule has 0 bridgehead atoms. The van der Waals surface area contributed by atoms with Gasteiger partial charge in [0.2, 0.25) is 0 Å². The number of benzene rings is 2. The minimum absolute atomic E-state index is 0.0734. The highest BCUT2D eigenvalue weighted by atomic mass is 32.1. The molecule has 26 heavy (non-hydrogen) atoms. The van der Waals surface area contributed by atoms with E-state index < -0.39 is 11.9 Å². The quantitative estimate of drug-likeness (QED) is 0.710. The van der Waals surface area contributed by atoms with Gasteiger partial charge in [-0.1, -0.05) is 24.3 Å². The Morgan fingerprint density at radius 2 is 2.04 bits per heavy atom. The van der Waals surface area contributed by atoms with Crippen LogP contribution in [0.2, 0.25) is 0 Å². The monoisotopic (exact) mass is 372 g/mol. The molecule has 2 atom stereocenters. The number of para-hydroxylation sites is 2. The Hall–Kier alpha value is -2.02. The van der Waals surface area contributed by atoms with Crippen LogP contribution in [0.4, 0.5) is 4.39 Å². The van der Waals surface area contributed by atoms with Crippen molar-refractivity contribution in [3.8, 4) is 5.75 Å². The minimum atomic E-state index is -0.676. The maximum absolute atomic E-state index is 13.6. The van der Waals surface area contributed by atoms with Crippen molar-refractivity contribution in [2.45, 2.75) is 25.0 Å². The van der Waals surface area contributed by atoms with Gasteiger partial charge in [-0.2, -0.15) is 0 Å². The number of halogens is 1. The zero-order valence-corrected chi connectivity index (χ0v) is 15.2. The molecule has 1 saturated heterocycles. The van der Waals surface area contributed by atoms with Gasteiger partial charge in [-0.25, -0.2) is 9.37 Å². The van der Waals surface area contributed by atoms with E-state index in [1.165, 1.54) is 10.8 Å². The number of fused-ring (bicyclic) bond motifs is 1. The van der Waals surface area contributed by atoms with E-state index in [0.717, 1.165) is 29.9 Å². The van der Waals surface area contributed by atoms with Gasteiger partial charge in [0.15, 0.2) is 11.6 Å². The topological polar surface area (TPSA) is 45.6 Å². The van der Waals surface area contributed by atoms with Crippen LogP contribution in [0.1, 0.15) is 23.9 Å². The number of rotatable bonds is 6. The molecule has 1 aromatic heterocycles. The van der Waals surface area contributed by atoms with Crippen LogP contribution in [0.3, 0.4) is 0 Å². The zero-order chi connectivity index (χ0) is 17.9. The lowest BCUT2D eigenvalue weighted by molar-refractivity contribution is 0.0625. The molecule has 1 aliphatic heterocycles. The van der Waals surface area contributed by atoms with Gasteiger partial charge in [-0.3, -0.25) is 4.90 Å². The van der Waals surface area contributed by atoms with Crippen molar-refractivity contribution in [2.75, 3.05) is 19.7 Å². The summed E-state index contributed by atoms with van der Waals surface area (Å²) in [6.45, 7) is 1.50. The molecule has 3 aromatic rings. The molecular formula is C20H21FN2O2S. The number of aliphatic hydroxyl groups is 1. The van der Waals surface area contributed by atoms with E-state index in [9.17, 15) is 9.50 Å². The van der Waals surface area contributed by atoms with Crippen molar-refractivity contribution in [2.24, 2.45) is 0 Å². The van der Waals surface area contributed by atoms with Crippen LogP contribution in [-0.2, 0) is 0 Å². The average Bonchev–Trinajstić information content (AvgIpc) is 3.27. The summed E-state index contributed by atoms with van der Waals surface area (Å²) >= 11 is 1.72. The fourth-order valence-electron chi connectivity index (χ4n) is 3.43. The number of ether oxygens (including phenoxy) is 1. The summed E-state index contributed by atoms with van der Waals surface area (Å²) in [6.07, 6.45) is 1.45.